The Hall–Kier alpha value is -2.51. The first kappa shape index (κ1) is 16.9. The Morgan fingerprint density at radius 2 is 1.92 bits per heavy atom. The number of amides is 1. The molecule has 6 nitrogen and oxygen atoms in total. The third-order valence-corrected chi connectivity index (χ3v) is 5.32. The molecule has 0 bridgehead atoms. The number of rotatable bonds is 5. The first-order chi connectivity index (χ1) is 12.4. The minimum absolute atomic E-state index is 0.123. The standard InChI is InChI=1S/C19H21FN4O2/c1-19(22,18(21)25)11-6-15(10-2-4-12(20)5-3-10)24-16(7-11)26-17-13-8-23-9-14(13)17/h2-7,13-14,17,23H,8-9,22H2,1H3,(H2,21,25)/t13-,14+,17?,19?. The van der Waals surface area contributed by atoms with Gasteiger partial charge in [0.1, 0.15) is 17.5 Å². The monoisotopic (exact) mass is 356 g/mol. The second kappa shape index (κ2) is 6.03. The molecule has 5 N–H and O–H groups in total. The largest absolute Gasteiger partial charge is 0.474 e. The molecule has 1 aromatic heterocycles. The van der Waals surface area contributed by atoms with Crippen LogP contribution in [0.4, 0.5) is 4.39 Å². The van der Waals surface area contributed by atoms with E-state index in [1.165, 1.54) is 12.1 Å². The van der Waals surface area contributed by atoms with E-state index in [1.807, 2.05) is 0 Å². The van der Waals surface area contributed by atoms with Crippen molar-refractivity contribution in [3.05, 3.63) is 47.8 Å². The highest BCUT2D eigenvalue weighted by Gasteiger charge is 2.55. The van der Waals surface area contributed by atoms with Crippen molar-refractivity contribution in [3.8, 4) is 17.1 Å². The zero-order valence-corrected chi connectivity index (χ0v) is 14.4. The molecule has 0 spiro atoms. The molecular formula is C19H21FN4O2. The number of ether oxygens (including phenoxy) is 1. The van der Waals surface area contributed by atoms with E-state index in [0.717, 1.165) is 13.1 Å². The molecule has 4 atom stereocenters. The third kappa shape index (κ3) is 2.93. The maximum Gasteiger partial charge on any atom is 0.241 e. The van der Waals surface area contributed by atoms with E-state index in [2.05, 4.69) is 10.3 Å². The van der Waals surface area contributed by atoms with E-state index in [1.54, 1.807) is 31.2 Å². The van der Waals surface area contributed by atoms with E-state index in [9.17, 15) is 9.18 Å². The van der Waals surface area contributed by atoms with Crippen LogP contribution < -0.4 is 21.5 Å². The molecule has 0 radical (unpaired) electrons. The minimum Gasteiger partial charge on any atom is -0.474 e. The number of carbonyl (C=O) groups is 1. The van der Waals surface area contributed by atoms with Crippen LogP contribution in [0.5, 0.6) is 5.88 Å². The molecule has 136 valence electrons. The SMILES string of the molecule is CC(N)(C(N)=O)c1cc(OC2[C@H]3CNC[C@@H]23)nc(-c2ccc(F)cc2)c1. The molecule has 1 aromatic carbocycles. The number of hydrogen-bond acceptors (Lipinski definition) is 5. The highest BCUT2D eigenvalue weighted by Crippen LogP contribution is 2.44. The second-order valence-corrected chi connectivity index (χ2v) is 7.22. The zero-order valence-electron chi connectivity index (χ0n) is 14.4. The van der Waals surface area contributed by atoms with E-state index in [-0.39, 0.29) is 11.9 Å². The highest BCUT2D eigenvalue weighted by atomic mass is 19.1. The van der Waals surface area contributed by atoms with Crippen LogP contribution in [-0.2, 0) is 10.3 Å². The molecule has 4 rings (SSSR count). The molecule has 2 heterocycles. The molecule has 2 aliphatic rings. The van der Waals surface area contributed by atoms with Crippen LogP contribution >= 0.6 is 0 Å². The number of benzene rings is 1. The summed E-state index contributed by atoms with van der Waals surface area (Å²) in [4.78, 5) is 16.3. The predicted octanol–water partition coefficient (Wildman–Crippen LogP) is 1.14. The summed E-state index contributed by atoms with van der Waals surface area (Å²) in [5.74, 6) is 0.414. The smallest absolute Gasteiger partial charge is 0.241 e. The Balaban J connectivity index is 1.71. The number of carbonyl (C=O) groups excluding carboxylic acids is 1. The van der Waals surface area contributed by atoms with Crippen LogP contribution in [0.1, 0.15) is 12.5 Å². The van der Waals surface area contributed by atoms with Gasteiger partial charge in [-0.2, -0.15) is 0 Å². The Morgan fingerprint density at radius 1 is 1.27 bits per heavy atom. The lowest BCUT2D eigenvalue weighted by atomic mass is 9.92. The third-order valence-electron chi connectivity index (χ3n) is 5.32. The van der Waals surface area contributed by atoms with Crippen molar-refractivity contribution in [3.63, 3.8) is 0 Å². The fourth-order valence-electron chi connectivity index (χ4n) is 3.45. The van der Waals surface area contributed by atoms with Gasteiger partial charge in [-0.05, 0) is 42.8 Å². The molecule has 1 aliphatic carbocycles. The van der Waals surface area contributed by atoms with Crippen molar-refractivity contribution in [2.75, 3.05) is 13.1 Å². The molecule has 1 amide bonds. The van der Waals surface area contributed by atoms with Gasteiger partial charge in [0, 0.05) is 36.6 Å². The fourth-order valence-corrected chi connectivity index (χ4v) is 3.45. The number of fused-ring (bicyclic) bond motifs is 1. The van der Waals surface area contributed by atoms with Gasteiger partial charge in [-0.15, -0.1) is 0 Å². The number of primary amides is 1. The lowest BCUT2D eigenvalue weighted by molar-refractivity contribution is -0.122. The summed E-state index contributed by atoms with van der Waals surface area (Å²) < 4.78 is 19.3. The number of aromatic nitrogens is 1. The van der Waals surface area contributed by atoms with Crippen LogP contribution in [0.3, 0.4) is 0 Å². The van der Waals surface area contributed by atoms with Gasteiger partial charge in [0.25, 0.3) is 0 Å². The Morgan fingerprint density at radius 3 is 2.54 bits per heavy atom. The summed E-state index contributed by atoms with van der Waals surface area (Å²) in [7, 11) is 0. The van der Waals surface area contributed by atoms with E-state index < -0.39 is 11.4 Å². The molecule has 1 aliphatic heterocycles. The number of halogens is 1. The van der Waals surface area contributed by atoms with Gasteiger partial charge in [0.15, 0.2) is 0 Å². The first-order valence-corrected chi connectivity index (χ1v) is 8.61. The summed E-state index contributed by atoms with van der Waals surface area (Å²) in [5, 5.41) is 3.31. The first-order valence-electron chi connectivity index (χ1n) is 8.61. The molecule has 1 saturated carbocycles. The summed E-state index contributed by atoms with van der Waals surface area (Å²) in [6.45, 7) is 3.43. The number of piperidine rings is 1. The van der Waals surface area contributed by atoms with Crippen molar-refractivity contribution < 1.29 is 13.9 Å². The average molecular weight is 356 g/mol. The average Bonchev–Trinajstić information content (AvgIpc) is 3.03. The zero-order chi connectivity index (χ0) is 18.5. The van der Waals surface area contributed by atoms with Gasteiger partial charge < -0.3 is 21.5 Å². The molecule has 2 aromatic rings. The van der Waals surface area contributed by atoms with Crippen LogP contribution in [0.15, 0.2) is 36.4 Å². The summed E-state index contributed by atoms with van der Waals surface area (Å²) in [5.41, 5.74) is 12.0. The normalized spacial score (nSPS) is 26.0. The summed E-state index contributed by atoms with van der Waals surface area (Å²) >= 11 is 0. The van der Waals surface area contributed by atoms with E-state index >= 15 is 0 Å². The molecule has 26 heavy (non-hydrogen) atoms. The van der Waals surface area contributed by atoms with Crippen LogP contribution in [-0.4, -0.2) is 30.1 Å². The van der Waals surface area contributed by atoms with Crippen molar-refractivity contribution in [1.29, 1.82) is 0 Å². The summed E-state index contributed by atoms with van der Waals surface area (Å²) in [6, 6.07) is 9.32. The second-order valence-electron chi connectivity index (χ2n) is 7.22. The molecule has 7 heteroatoms. The van der Waals surface area contributed by atoms with Gasteiger partial charge in [-0.3, -0.25) is 4.79 Å². The maximum absolute atomic E-state index is 13.2. The Bertz CT molecular complexity index is 843. The molecule has 1 saturated heterocycles. The van der Waals surface area contributed by atoms with Gasteiger partial charge in [-0.1, -0.05) is 0 Å². The minimum atomic E-state index is -1.36. The molecular weight excluding hydrogens is 335 g/mol. The van der Waals surface area contributed by atoms with Crippen LogP contribution in [0.2, 0.25) is 0 Å². The highest BCUT2D eigenvalue weighted by molar-refractivity contribution is 5.86. The maximum atomic E-state index is 13.2. The van der Waals surface area contributed by atoms with Gasteiger partial charge >= 0.3 is 0 Å². The van der Waals surface area contributed by atoms with Crippen molar-refractivity contribution in [2.45, 2.75) is 18.6 Å². The lowest BCUT2D eigenvalue weighted by Gasteiger charge is -2.22. The number of nitrogens with two attached hydrogens (primary N) is 2. The van der Waals surface area contributed by atoms with E-state index in [0.29, 0.717) is 34.5 Å². The Kier molecular flexibility index (Phi) is 3.93. The number of nitrogens with one attached hydrogen (secondary N) is 1. The van der Waals surface area contributed by atoms with Crippen molar-refractivity contribution in [2.24, 2.45) is 23.3 Å². The lowest BCUT2D eigenvalue weighted by Crippen LogP contribution is -2.46. The molecule has 2 fully saturated rings. The van der Waals surface area contributed by atoms with Crippen LogP contribution in [0, 0.1) is 17.7 Å². The Labute approximate surface area is 150 Å². The topological polar surface area (TPSA) is 103 Å². The number of hydrogen-bond donors (Lipinski definition) is 3. The quantitative estimate of drug-likeness (QED) is 0.745. The van der Waals surface area contributed by atoms with Crippen LogP contribution in [0.25, 0.3) is 11.3 Å². The number of nitrogens with zero attached hydrogens (tertiary/aromatic N) is 1. The van der Waals surface area contributed by atoms with Crippen molar-refractivity contribution in [1.82, 2.24) is 10.3 Å². The summed E-state index contributed by atoms with van der Waals surface area (Å²) in [6.07, 6.45) is 0.123. The predicted molar refractivity (Wildman–Crippen MR) is 94.6 cm³/mol. The van der Waals surface area contributed by atoms with Gasteiger partial charge in [0.2, 0.25) is 11.8 Å². The van der Waals surface area contributed by atoms with Gasteiger partial charge in [-0.25, -0.2) is 9.37 Å². The van der Waals surface area contributed by atoms with Crippen molar-refractivity contribution >= 4 is 5.91 Å². The van der Waals surface area contributed by atoms with Gasteiger partial charge in [0.05, 0.1) is 5.69 Å². The molecule has 2 unspecified atom stereocenters. The number of pyridine rings is 1. The fraction of sp³-hybridized carbons (Fsp3) is 0.368. The van der Waals surface area contributed by atoms with E-state index in [4.69, 9.17) is 16.2 Å².